The lowest BCUT2D eigenvalue weighted by Gasteiger charge is -2.19. The molecule has 2 rings (SSSR count). The van der Waals surface area contributed by atoms with Gasteiger partial charge >= 0.3 is 0 Å². The summed E-state index contributed by atoms with van der Waals surface area (Å²) in [7, 11) is 1.95. The molecule has 2 heterocycles. The van der Waals surface area contributed by atoms with Gasteiger partial charge in [0.25, 0.3) is 5.91 Å². The second kappa shape index (κ2) is 4.28. The van der Waals surface area contributed by atoms with Gasteiger partial charge in [-0.05, 0) is 26.3 Å². The Morgan fingerprint density at radius 1 is 1.50 bits per heavy atom. The zero-order valence-electron chi connectivity index (χ0n) is 8.66. The number of ether oxygens (including phenoxy) is 1. The van der Waals surface area contributed by atoms with Crippen LogP contribution in [0.4, 0.5) is 0 Å². The maximum Gasteiger partial charge on any atom is 0.251 e. The Morgan fingerprint density at radius 3 is 2.93 bits per heavy atom. The summed E-state index contributed by atoms with van der Waals surface area (Å²) in [4.78, 5) is 13.8. The average molecular weight is 198 g/mol. The third-order valence-corrected chi connectivity index (χ3v) is 3.11. The fourth-order valence-electron chi connectivity index (χ4n) is 2.17. The molecule has 4 heteroatoms. The van der Waals surface area contributed by atoms with Gasteiger partial charge < -0.3 is 15.0 Å². The molecule has 14 heavy (non-hydrogen) atoms. The van der Waals surface area contributed by atoms with Gasteiger partial charge in [0.1, 0.15) is 6.10 Å². The van der Waals surface area contributed by atoms with E-state index in [1.54, 1.807) is 0 Å². The van der Waals surface area contributed by atoms with Crippen LogP contribution < -0.4 is 5.32 Å². The number of likely N-dealkylation sites (tertiary alicyclic amines) is 1. The van der Waals surface area contributed by atoms with E-state index in [9.17, 15) is 4.79 Å². The van der Waals surface area contributed by atoms with Crippen LogP contribution in [0.3, 0.4) is 0 Å². The number of amides is 1. The Balaban J connectivity index is 1.86. The fraction of sp³-hybridized carbons (Fsp3) is 0.900. The number of likely N-dealkylation sites (N-methyl/N-ethyl adjacent to an activating group) is 1. The molecule has 80 valence electrons. The summed E-state index contributed by atoms with van der Waals surface area (Å²) in [6.45, 7) is 2.47. The lowest BCUT2D eigenvalue weighted by molar-refractivity contribution is -0.139. The number of nitrogens with zero attached hydrogens (tertiary/aromatic N) is 1. The predicted molar refractivity (Wildman–Crippen MR) is 53.0 cm³/mol. The summed E-state index contributed by atoms with van der Waals surface area (Å²) in [5, 5.41) is 3.20. The van der Waals surface area contributed by atoms with Crippen molar-refractivity contribution in [1.29, 1.82) is 0 Å². The zero-order valence-corrected chi connectivity index (χ0v) is 8.66. The van der Waals surface area contributed by atoms with Crippen LogP contribution >= 0.6 is 0 Å². The van der Waals surface area contributed by atoms with E-state index in [-0.39, 0.29) is 12.0 Å². The number of hydrogen-bond acceptors (Lipinski definition) is 3. The van der Waals surface area contributed by atoms with Crippen LogP contribution in [-0.2, 0) is 9.53 Å². The van der Waals surface area contributed by atoms with Crippen LogP contribution in [0.1, 0.15) is 19.3 Å². The van der Waals surface area contributed by atoms with Crippen LogP contribution in [-0.4, -0.2) is 49.7 Å². The van der Waals surface area contributed by atoms with E-state index in [4.69, 9.17) is 4.74 Å². The highest BCUT2D eigenvalue weighted by Gasteiger charge is 2.32. The van der Waals surface area contributed by atoms with Gasteiger partial charge in [-0.15, -0.1) is 0 Å². The SMILES string of the molecule is CNC1CCN(C(=O)[C@H]2CCCO2)C1. The molecule has 1 unspecified atom stereocenters. The van der Waals surface area contributed by atoms with Gasteiger partial charge in [-0.2, -0.15) is 0 Å². The summed E-state index contributed by atoms with van der Waals surface area (Å²) in [6, 6.07) is 0.473. The molecule has 0 aromatic heterocycles. The molecule has 0 radical (unpaired) electrons. The van der Waals surface area contributed by atoms with Crippen molar-refractivity contribution in [2.24, 2.45) is 0 Å². The molecule has 2 aliphatic heterocycles. The third-order valence-electron chi connectivity index (χ3n) is 3.11. The van der Waals surface area contributed by atoms with Crippen molar-refractivity contribution in [1.82, 2.24) is 10.2 Å². The summed E-state index contributed by atoms with van der Waals surface area (Å²) in [5.74, 6) is 0.195. The smallest absolute Gasteiger partial charge is 0.251 e. The molecule has 2 fully saturated rings. The van der Waals surface area contributed by atoms with E-state index in [1.165, 1.54) is 0 Å². The first-order chi connectivity index (χ1) is 6.81. The number of carbonyl (C=O) groups excluding carboxylic acids is 1. The normalized spacial score (nSPS) is 32.5. The van der Waals surface area contributed by atoms with Crippen molar-refractivity contribution in [3.63, 3.8) is 0 Å². The molecule has 1 amide bonds. The minimum atomic E-state index is -0.148. The maximum atomic E-state index is 11.9. The molecule has 2 saturated heterocycles. The van der Waals surface area contributed by atoms with E-state index in [1.807, 2.05) is 11.9 Å². The molecule has 0 saturated carbocycles. The zero-order chi connectivity index (χ0) is 9.97. The molecule has 2 atom stereocenters. The number of carbonyl (C=O) groups is 1. The highest BCUT2D eigenvalue weighted by Crippen LogP contribution is 2.18. The molecule has 0 aliphatic carbocycles. The molecular weight excluding hydrogens is 180 g/mol. The minimum absolute atomic E-state index is 0.148. The Kier molecular flexibility index (Phi) is 3.03. The van der Waals surface area contributed by atoms with Crippen molar-refractivity contribution in [2.45, 2.75) is 31.4 Å². The van der Waals surface area contributed by atoms with Crippen molar-refractivity contribution >= 4 is 5.91 Å². The van der Waals surface area contributed by atoms with E-state index < -0.39 is 0 Å². The summed E-state index contributed by atoms with van der Waals surface area (Å²) >= 11 is 0. The standard InChI is InChI=1S/C10H18N2O2/c1-11-8-4-5-12(7-8)10(13)9-3-2-6-14-9/h8-9,11H,2-7H2,1H3/t8?,9-/m1/s1. The Hall–Kier alpha value is -0.610. The lowest BCUT2D eigenvalue weighted by atomic mass is 10.2. The van der Waals surface area contributed by atoms with Gasteiger partial charge in [-0.25, -0.2) is 0 Å². The number of rotatable bonds is 2. The van der Waals surface area contributed by atoms with E-state index >= 15 is 0 Å². The molecule has 0 aromatic carbocycles. The van der Waals surface area contributed by atoms with E-state index in [0.29, 0.717) is 6.04 Å². The van der Waals surface area contributed by atoms with Gasteiger partial charge in [0.2, 0.25) is 0 Å². The number of hydrogen-bond donors (Lipinski definition) is 1. The van der Waals surface area contributed by atoms with Gasteiger partial charge in [0.15, 0.2) is 0 Å². The average Bonchev–Trinajstić information content (AvgIpc) is 2.88. The summed E-state index contributed by atoms with van der Waals surface area (Å²) < 4.78 is 5.38. The Morgan fingerprint density at radius 2 is 2.36 bits per heavy atom. The molecular formula is C10H18N2O2. The Bertz CT molecular complexity index is 214. The second-order valence-corrected chi connectivity index (χ2v) is 4.06. The fourth-order valence-corrected chi connectivity index (χ4v) is 2.17. The molecule has 0 spiro atoms. The largest absolute Gasteiger partial charge is 0.368 e. The minimum Gasteiger partial charge on any atom is -0.368 e. The quantitative estimate of drug-likeness (QED) is 0.678. The van der Waals surface area contributed by atoms with Crippen molar-refractivity contribution in [3.8, 4) is 0 Å². The van der Waals surface area contributed by atoms with Crippen LogP contribution in [0.5, 0.6) is 0 Å². The predicted octanol–water partition coefficient (Wildman–Crippen LogP) is -0.0143. The first-order valence-corrected chi connectivity index (χ1v) is 5.39. The van der Waals surface area contributed by atoms with Crippen molar-refractivity contribution in [3.05, 3.63) is 0 Å². The third kappa shape index (κ3) is 1.91. The first kappa shape index (κ1) is 9.93. The molecule has 1 N–H and O–H groups in total. The molecule has 0 aromatic rings. The van der Waals surface area contributed by atoms with Gasteiger partial charge in [-0.3, -0.25) is 4.79 Å². The molecule has 0 bridgehead atoms. The maximum absolute atomic E-state index is 11.9. The second-order valence-electron chi connectivity index (χ2n) is 4.06. The van der Waals surface area contributed by atoms with E-state index in [2.05, 4.69) is 5.32 Å². The number of nitrogens with one attached hydrogen (secondary N) is 1. The van der Waals surface area contributed by atoms with Gasteiger partial charge in [0.05, 0.1) is 0 Å². The van der Waals surface area contributed by atoms with E-state index in [0.717, 1.165) is 39.0 Å². The van der Waals surface area contributed by atoms with Crippen LogP contribution in [0, 0.1) is 0 Å². The van der Waals surface area contributed by atoms with Gasteiger partial charge in [0, 0.05) is 25.7 Å². The van der Waals surface area contributed by atoms with Crippen LogP contribution in [0.25, 0.3) is 0 Å². The summed E-state index contributed by atoms with van der Waals surface area (Å²) in [6.07, 6.45) is 2.85. The highest BCUT2D eigenvalue weighted by atomic mass is 16.5. The monoisotopic (exact) mass is 198 g/mol. The van der Waals surface area contributed by atoms with Crippen LogP contribution in [0.15, 0.2) is 0 Å². The van der Waals surface area contributed by atoms with Crippen LogP contribution in [0.2, 0.25) is 0 Å². The van der Waals surface area contributed by atoms with Crippen molar-refractivity contribution < 1.29 is 9.53 Å². The first-order valence-electron chi connectivity index (χ1n) is 5.39. The van der Waals surface area contributed by atoms with Crippen molar-refractivity contribution in [2.75, 3.05) is 26.7 Å². The summed E-state index contributed by atoms with van der Waals surface area (Å²) in [5.41, 5.74) is 0. The highest BCUT2D eigenvalue weighted by molar-refractivity contribution is 5.81. The van der Waals surface area contributed by atoms with Gasteiger partial charge in [-0.1, -0.05) is 0 Å². The molecule has 2 aliphatic rings. The topological polar surface area (TPSA) is 41.6 Å². The molecule has 4 nitrogen and oxygen atoms in total. The lowest BCUT2D eigenvalue weighted by Crippen LogP contribution is -2.39. The Labute approximate surface area is 84.6 Å².